The van der Waals surface area contributed by atoms with Crippen LogP contribution in [0.3, 0.4) is 0 Å². The van der Waals surface area contributed by atoms with E-state index in [9.17, 15) is 19.8 Å². The second kappa shape index (κ2) is 11.0. The average molecular weight is 483 g/mol. The molecule has 0 radical (unpaired) electrons. The van der Waals surface area contributed by atoms with Gasteiger partial charge in [-0.05, 0) is 45.9 Å². The molecule has 0 fully saturated rings. The summed E-state index contributed by atoms with van der Waals surface area (Å²) in [6.45, 7) is 9.48. The van der Waals surface area contributed by atoms with E-state index in [0.717, 1.165) is 11.3 Å². The summed E-state index contributed by atoms with van der Waals surface area (Å²) in [5.41, 5.74) is 2.43. The predicted octanol–water partition coefficient (Wildman–Crippen LogP) is 1.37. The lowest BCUT2D eigenvalue weighted by atomic mass is 10.0. The zero-order valence-electron chi connectivity index (χ0n) is 21.0. The summed E-state index contributed by atoms with van der Waals surface area (Å²) in [6, 6.07) is 7.26. The minimum Gasteiger partial charge on any atom is -0.461 e. The number of β-amino-alcohol motifs (C(OH)–C–C–N with tert-alkyl or cyclic N) is 1. The third kappa shape index (κ3) is 6.48. The Kier molecular flexibility index (Phi) is 8.33. The smallest absolute Gasteiger partial charge is 0.359 e. The van der Waals surface area contributed by atoms with Gasteiger partial charge in [-0.25, -0.2) is 9.48 Å². The standard InChI is InChI=1S/C26H34N4O5/c1-6-28(5)24(32)22(31)12-11-18-9-8-10-19(15-18)30-21-13-14-29(17-26(3,4)34)16-20(21)23(27-30)25(33)35-7-2/h8-10,15,22,31,34H,6-7,13-14,16-17H2,1-5H3. The van der Waals surface area contributed by atoms with Crippen molar-refractivity contribution in [1.29, 1.82) is 0 Å². The number of aliphatic hydroxyl groups is 2. The Labute approximate surface area is 206 Å². The number of ether oxygens (including phenoxy) is 1. The molecule has 0 saturated heterocycles. The molecule has 1 aliphatic heterocycles. The number of amides is 1. The van der Waals surface area contributed by atoms with Crippen molar-refractivity contribution in [2.24, 2.45) is 0 Å². The molecule has 0 saturated carbocycles. The van der Waals surface area contributed by atoms with Crippen molar-refractivity contribution in [2.75, 3.05) is 33.3 Å². The number of hydrogen-bond acceptors (Lipinski definition) is 7. The van der Waals surface area contributed by atoms with E-state index in [1.165, 1.54) is 4.90 Å². The van der Waals surface area contributed by atoms with E-state index in [-0.39, 0.29) is 12.3 Å². The van der Waals surface area contributed by atoms with Gasteiger partial charge in [0.2, 0.25) is 0 Å². The summed E-state index contributed by atoms with van der Waals surface area (Å²) in [5, 5.41) is 24.9. The first kappa shape index (κ1) is 26.4. The lowest BCUT2D eigenvalue weighted by Gasteiger charge is -2.32. The topological polar surface area (TPSA) is 108 Å². The maximum atomic E-state index is 12.7. The van der Waals surface area contributed by atoms with Crippen LogP contribution in [0.5, 0.6) is 0 Å². The molecule has 1 unspecified atom stereocenters. The van der Waals surface area contributed by atoms with Gasteiger partial charge in [-0.3, -0.25) is 9.69 Å². The molecule has 2 heterocycles. The molecule has 35 heavy (non-hydrogen) atoms. The molecular weight excluding hydrogens is 448 g/mol. The zero-order valence-corrected chi connectivity index (χ0v) is 21.0. The second-order valence-corrected chi connectivity index (χ2v) is 9.25. The Morgan fingerprint density at radius 3 is 2.71 bits per heavy atom. The van der Waals surface area contributed by atoms with E-state index in [1.54, 1.807) is 44.6 Å². The summed E-state index contributed by atoms with van der Waals surface area (Å²) < 4.78 is 6.99. The molecule has 2 N–H and O–H groups in total. The van der Waals surface area contributed by atoms with Crippen LogP contribution < -0.4 is 0 Å². The number of nitrogens with zero attached hydrogens (tertiary/aromatic N) is 4. The van der Waals surface area contributed by atoms with Gasteiger partial charge in [0.1, 0.15) is 0 Å². The number of fused-ring (bicyclic) bond motifs is 1. The fraction of sp³-hybridized carbons (Fsp3) is 0.500. The highest BCUT2D eigenvalue weighted by molar-refractivity contribution is 5.89. The Balaban J connectivity index is 1.95. The highest BCUT2D eigenvalue weighted by Crippen LogP contribution is 2.27. The summed E-state index contributed by atoms with van der Waals surface area (Å²) in [4.78, 5) is 28.3. The molecule has 3 rings (SSSR count). The van der Waals surface area contributed by atoms with E-state index < -0.39 is 23.6 Å². The van der Waals surface area contributed by atoms with E-state index in [0.29, 0.717) is 43.9 Å². The molecular formula is C26H34N4O5. The summed E-state index contributed by atoms with van der Waals surface area (Å²) in [6.07, 6.45) is -0.761. The molecule has 0 aliphatic carbocycles. The first-order valence-corrected chi connectivity index (χ1v) is 11.8. The largest absolute Gasteiger partial charge is 0.461 e. The first-order valence-electron chi connectivity index (χ1n) is 11.8. The summed E-state index contributed by atoms with van der Waals surface area (Å²) in [7, 11) is 1.61. The van der Waals surface area contributed by atoms with Gasteiger partial charge in [0.05, 0.1) is 23.6 Å². The van der Waals surface area contributed by atoms with Crippen LogP contribution in [0, 0.1) is 11.8 Å². The van der Waals surface area contributed by atoms with Crippen molar-refractivity contribution in [3.63, 3.8) is 0 Å². The molecule has 2 aromatic rings. The number of carbonyl (C=O) groups excluding carboxylic acids is 2. The third-order valence-electron chi connectivity index (χ3n) is 5.74. The SMILES string of the molecule is CCOC(=O)c1nn(-c2cccc(C#CC(O)C(=O)N(C)CC)c2)c2c1CN(CC(C)(C)O)CC2. The summed E-state index contributed by atoms with van der Waals surface area (Å²) >= 11 is 0. The molecule has 1 aliphatic rings. The first-order chi connectivity index (χ1) is 16.5. The number of likely N-dealkylation sites (N-methyl/N-ethyl adjacent to an activating group) is 1. The van der Waals surface area contributed by atoms with Gasteiger partial charge in [0, 0.05) is 50.8 Å². The molecule has 1 amide bonds. The van der Waals surface area contributed by atoms with Crippen molar-refractivity contribution in [2.45, 2.75) is 52.4 Å². The number of aliphatic hydroxyl groups excluding tert-OH is 1. The van der Waals surface area contributed by atoms with Crippen molar-refractivity contribution in [1.82, 2.24) is 19.6 Å². The molecule has 0 spiro atoms. The van der Waals surface area contributed by atoms with Crippen LogP contribution in [-0.4, -0.2) is 86.7 Å². The van der Waals surface area contributed by atoms with Crippen LogP contribution in [0.15, 0.2) is 24.3 Å². The third-order valence-corrected chi connectivity index (χ3v) is 5.74. The van der Waals surface area contributed by atoms with Crippen molar-refractivity contribution >= 4 is 11.9 Å². The Morgan fingerprint density at radius 2 is 2.06 bits per heavy atom. The minimum absolute atomic E-state index is 0.243. The lowest BCUT2D eigenvalue weighted by Crippen LogP contribution is -2.41. The quantitative estimate of drug-likeness (QED) is 0.453. The number of rotatable bonds is 7. The van der Waals surface area contributed by atoms with Gasteiger partial charge < -0.3 is 19.8 Å². The molecule has 1 atom stereocenters. The van der Waals surface area contributed by atoms with Crippen LogP contribution in [-0.2, 0) is 22.5 Å². The van der Waals surface area contributed by atoms with Crippen LogP contribution in [0.1, 0.15) is 55.0 Å². The number of benzene rings is 1. The number of hydrogen-bond donors (Lipinski definition) is 2. The van der Waals surface area contributed by atoms with Crippen molar-refractivity contribution in [3.8, 4) is 17.5 Å². The minimum atomic E-state index is -1.40. The van der Waals surface area contributed by atoms with Gasteiger partial charge in [-0.1, -0.05) is 17.9 Å². The fourth-order valence-corrected chi connectivity index (χ4v) is 4.03. The molecule has 1 aromatic heterocycles. The van der Waals surface area contributed by atoms with Gasteiger partial charge in [0.15, 0.2) is 11.8 Å². The fourth-order valence-electron chi connectivity index (χ4n) is 4.03. The highest BCUT2D eigenvalue weighted by atomic mass is 16.5. The van der Waals surface area contributed by atoms with Crippen LogP contribution in [0.2, 0.25) is 0 Å². The predicted molar refractivity (Wildman–Crippen MR) is 131 cm³/mol. The van der Waals surface area contributed by atoms with Crippen LogP contribution in [0.4, 0.5) is 0 Å². The Morgan fingerprint density at radius 1 is 1.31 bits per heavy atom. The van der Waals surface area contributed by atoms with E-state index >= 15 is 0 Å². The summed E-state index contributed by atoms with van der Waals surface area (Å²) in [5.74, 6) is 4.53. The lowest BCUT2D eigenvalue weighted by molar-refractivity contribution is -0.135. The molecule has 0 bridgehead atoms. The van der Waals surface area contributed by atoms with E-state index in [1.807, 2.05) is 19.1 Å². The van der Waals surface area contributed by atoms with Crippen molar-refractivity contribution < 1.29 is 24.5 Å². The second-order valence-electron chi connectivity index (χ2n) is 9.25. The van der Waals surface area contributed by atoms with E-state index in [4.69, 9.17) is 4.74 Å². The normalized spacial score (nSPS) is 14.5. The van der Waals surface area contributed by atoms with Gasteiger partial charge in [-0.15, -0.1) is 0 Å². The maximum Gasteiger partial charge on any atom is 0.359 e. The Bertz CT molecular complexity index is 1140. The van der Waals surface area contributed by atoms with Gasteiger partial charge in [-0.2, -0.15) is 5.10 Å². The zero-order chi connectivity index (χ0) is 25.8. The van der Waals surface area contributed by atoms with Gasteiger partial charge >= 0.3 is 5.97 Å². The number of aromatic nitrogens is 2. The van der Waals surface area contributed by atoms with Crippen LogP contribution in [0.25, 0.3) is 5.69 Å². The monoisotopic (exact) mass is 482 g/mol. The molecule has 9 nitrogen and oxygen atoms in total. The Hall–Kier alpha value is -3.19. The van der Waals surface area contributed by atoms with E-state index in [2.05, 4.69) is 21.8 Å². The van der Waals surface area contributed by atoms with Gasteiger partial charge in [0.25, 0.3) is 5.91 Å². The maximum absolute atomic E-state index is 12.7. The van der Waals surface area contributed by atoms with Crippen molar-refractivity contribution in [3.05, 3.63) is 46.8 Å². The number of esters is 1. The number of carbonyl (C=O) groups is 2. The molecule has 188 valence electrons. The molecule has 1 aromatic carbocycles. The van der Waals surface area contributed by atoms with Crippen LogP contribution >= 0.6 is 0 Å². The average Bonchev–Trinajstić information content (AvgIpc) is 3.19. The highest BCUT2D eigenvalue weighted by Gasteiger charge is 2.31. The molecule has 9 heteroatoms.